The summed E-state index contributed by atoms with van der Waals surface area (Å²) in [6.45, 7) is 7.05. The SMILES string of the molecule is C=C1c2ccccc2N2c3ccccc3N(c3ccccc3)C2C2C1c1ccccc1N1c3nc(-c4ccccc4C)ncc3N(C)C21. The molecule has 6 aromatic rings. The highest BCUT2D eigenvalue weighted by molar-refractivity contribution is 5.96. The predicted molar refractivity (Wildman–Crippen MR) is 196 cm³/mol. The van der Waals surface area contributed by atoms with Crippen molar-refractivity contribution in [2.24, 2.45) is 5.92 Å². The fourth-order valence-electron chi connectivity index (χ4n) is 8.86. The number of hydrogen-bond acceptors (Lipinski definition) is 6. The van der Waals surface area contributed by atoms with Gasteiger partial charge in [-0.25, -0.2) is 9.97 Å². The zero-order chi connectivity index (χ0) is 32.1. The lowest BCUT2D eigenvalue weighted by Crippen LogP contribution is -2.59. The minimum absolute atomic E-state index is 0.0414. The van der Waals surface area contributed by atoms with Crippen LogP contribution in [0.25, 0.3) is 17.0 Å². The van der Waals surface area contributed by atoms with Gasteiger partial charge < -0.3 is 19.6 Å². The van der Waals surface area contributed by atoms with Crippen molar-refractivity contribution in [3.05, 3.63) is 157 Å². The van der Waals surface area contributed by atoms with Gasteiger partial charge in [-0.15, -0.1) is 0 Å². The number of para-hydroxylation sites is 5. The number of rotatable bonds is 2. The molecule has 0 fully saturated rings. The number of aromatic nitrogens is 2. The van der Waals surface area contributed by atoms with Crippen molar-refractivity contribution in [1.29, 1.82) is 0 Å². The third kappa shape index (κ3) is 3.57. The molecule has 4 atom stereocenters. The molecule has 1 aromatic heterocycles. The Balaban J connectivity index is 1.26. The topological polar surface area (TPSA) is 38.7 Å². The van der Waals surface area contributed by atoms with E-state index in [1.807, 2.05) is 6.20 Å². The van der Waals surface area contributed by atoms with E-state index in [1.165, 1.54) is 39.6 Å². The molecular formula is C42H34N6. The van der Waals surface area contributed by atoms with E-state index < -0.39 is 0 Å². The summed E-state index contributed by atoms with van der Waals surface area (Å²) in [4.78, 5) is 20.4. The van der Waals surface area contributed by atoms with E-state index in [-0.39, 0.29) is 24.2 Å². The van der Waals surface area contributed by atoms with Crippen LogP contribution in [0.15, 0.2) is 140 Å². The molecule has 0 bridgehead atoms. The van der Waals surface area contributed by atoms with Gasteiger partial charge in [0, 0.05) is 41.4 Å². The first-order valence-corrected chi connectivity index (χ1v) is 16.7. The first-order chi connectivity index (χ1) is 23.6. The summed E-state index contributed by atoms with van der Waals surface area (Å²) in [5, 5.41) is 0. The van der Waals surface area contributed by atoms with Gasteiger partial charge in [-0.2, -0.15) is 0 Å². The molecule has 0 radical (unpaired) electrons. The molecule has 0 amide bonds. The molecule has 0 saturated carbocycles. The molecule has 6 heteroatoms. The predicted octanol–water partition coefficient (Wildman–Crippen LogP) is 9.42. The van der Waals surface area contributed by atoms with Crippen LogP contribution in [-0.2, 0) is 0 Å². The molecule has 10 rings (SSSR count). The summed E-state index contributed by atoms with van der Waals surface area (Å²) in [5.41, 5.74) is 12.8. The van der Waals surface area contributed by atoms with Gasteiger partial charge in [0.05, 0.1) is 23.3 Å². The maximum atomic E-state index is 5.36. The Morgan fingerprint density at radius 1 is 0.583 bits per heavy atom. The minimum Gasteiger partial charge on any atom is -0.349 e. The van der Waals surface area contributed by atoms with Crippen LogP contribution >= 0.6 is 0 Å². The molecule has 4 aliphatic rings. The van der Waals surface area contributed by atoms with E-state index in [9.17, 15) is 0 Å². The summed E-state index contributed by atoms with van der Waals surface area (Å²) in [5.74, 6) is 1.79. The van der Waals surface area contributed by atoms with Gasteiger partial charge in [-0.3, -0.25) is 0 Å². The maximum absolute atomic E-state index is 5.36. The van der Waals surface area contributed by atoms with Crippen LogP contribution < -0.4 is 19.6 Å². The van der Waals surface area contributed by atoms with Gasteiger partial charge in [0.2, 0.25) is 0 Å². The molecule has 5 aromatic carbocycles. The Morgan fingerprint density at radius 2 is 1.21 bits per heavy atom. The van der Waals surface area contributed by atoms with Crippen molar-refractivity contribution >= 4 is 45.5 Å². The van der Waals surface area contributed by atoms with E-state index in [0.717, 1.165) is 34.0 Å². The van der Waals surface area contributed by atoms with E-state index in [4.69, 9.17) is 16.5 Å². The third-order valence-corrected chi connectivity index (χ3v) is 10.9. The van der Waals surface area contributed by atoms with Crippen LogP contribution in [0.2, 0.25) is 0 Å². The van der Waals surface area contributed by atoms with Crippen molar-refractivity contribution in [3.63, 3.8) is 0 Å². The van der Waals surface area contributed by atoms with Gasteiger partial charge in [-0.05, 0) is 60.0 Å². The van der Waals surface area contributed by atoms with E-state index in [0.29, 0.717) is 0 Å². The Morgan fingerprint density at radius 3 is 1.98 bits per heavy atom. The van der Waals surface area contributed by atoms with Crippen LogP contribution in [0, 0.1) is 12.8 Å². The zero-order valence-corrected chi connectivity index (χ0v) is 26.9. The number of nitrogens with zero attached hydrogens (tertiary/aromatic N) is 6. The highest BCUT2D eigenvalue weighted by Crippen LogP contribution is 2.63. The molecule has 4 unspecified atom stereocenters. The average Bonchev–Trinajstić information content (AvgIpc) is 3.59. The molecule has 0 saturated heterocycles. The molecule has 232 valence electrons. The summed E-state index contributed by atoms with van der Waals surface area (Å²) < 4.78 is 0. The van der Waals surface area contributed by atoms with Crippen molar-refractivity contribution in [2.45, 2.75) is 25.2 Å². The van der Waals surface area contributed by atoms with Crippen LogP contribution in [0.4, 0.5) is 39.9 Å². The Hall–Kier alpha value is -5.88. The second-order valence-corrected chi connectivity index (χ2v) is 13.2. The van der Waals surface area contributed by atoms with Gasteiger partial charge in [0.25, 0.3) is 0 Å². The average molecular weight is 623 g/mol. The number of hydrogen-bond donors (Lipinski definition) is 0. The number of allylic oxidation sites excluding steroid dienone is 1. The maximum Gasteiger partial charge on any atom is 0.162 e. The molecule has 0 aliphatic carbocycles. The number of fused-ring (bicyclic) bond motifs is 14. The smallest absolute Gasteiger partial charge is 0.162 e. The van der Waals surface area contributed by atoms with Crippen molar-refractivity contribution in [3.8, 4) is 11.4 Å². The van der Waals surface area contributed by atoms with E-state index in [2.05, 4.69) is 161 Å². The summed E-state index contributed by atoms with van der Waals surface area (Å²) in [6.07, 6.45) is 1.91. The van der Waals surface area contributed by atoms with Gasteiger partial charge in [-0.1, -0.05) is 97.6 Å². The lowest BCUT2D eigenvalue weighted by molar-refractivity contribution is 0.324. The first kappa shape index (κ1) is 27.3. The van der Waals surface area contributed by atoms with Crippen molar-refractivity contribution < 1.29 is 0 Å². The first-order valence-electron chi connectivity index (χ1n) is 16.7. The highest BCUT2D eigenvalue weighted by Gasteiger charge is 2.58. The summed E-state index contributed by atoms with van der Waals surface area (Å²) in [7, 11) is 2.21. The van der Waals surface area contributed by atoms with Crippen LogP contribution in [0.3, 0.4) is 0 Å². The monoisotopic (exact) mass is 622 g/mol. The molecule has 48 heavy (non-hydrogen) atoms. The number of anilines is 7. The molecule has 0 spiro atoms. The third-order valence-electron chi connectivity index (χ3n) is 10.9. The standard InChI is InChI=1S/C42H34N6/c1-26-15-7-8-18-29(26)39-43-25-36-40(44-39)48-33-22-12-10-20-31(33)37-27(2)30-19-9-11-21-32(30)47-35-24-14-13-23-34(35)46(28-16-5-4-6-17-28)42(47)38(37)41(48)45(36)3/h4-25,37-38,41-42H,2H2,1,3H3. The van der Waals surface area contributed by atoms with E-state index in [1.54, 1.807) is 0 Å². The highest BCUT2D eigenvalue weighted by atomic mass is 15.5. The quantitative estimate of drug-likeness (QED) is 0.192. The lowest BCUT2D eigenvalue weighted by Gasteiger charge is -2.50. The van der Waals surface area contributed by atoms with Crippen LogP contribution in [0.5, 0.6) is 0 Å². The van der Waals surface area contributed by atoms with Gasteiger partial charge in [0.15, 0.2) is 11.6 Å². The molecule has 5 heterocycles. The van der Waals surface area contributed by atoms with E-state index >= 15 is 0 Å². The Bertz CT molecular complexity index is 2260. The Labute approximate surface area is 280 Å². The minimum atomic E-state index is -0.0587. The summed E-state index contributed by atoms with van der Waals surface area (Å²) in [6, 6.07) is 45.8. The van der Waals surface area contributed by atoms with Gasteiger partial charge in [0.1, 0.15) is 18.0 Å². The second-order valence-electron chi connectivity index (χ2n) is 13.2. The van der Waals surface area contributed by atoms with Gasteiger partial charge >= 0.3 is 0 Å². The largest absolute Gasteiger partial charge is 0.349 e. The van der Waals surface area contributed by atoms with Crippen molar-refractivity contribution in [1.82, 2.24) is 9.97 Å². The second kappa shape index (κ2) is 10.1. The zero-order valence-electron chi connectivity index (χ0n) is 26.9. The number of aryl methyl sites for hydroxylation is 1. The number of benzene rings is 5. The molecular weight excluding hydrogens is 589 g/mol. The van der Waals surface area contributed by atoms with Crippen molar-refractivity contribution in [2.75, 3.05) is 26.6 Å². The normalized spacial score (nSPS) is 21.4. The Kier molecular flexibility index (Phi) is 5.71. The van der Waals surface area contributed by atoms with Crippen LogP contribution in [0.1, 0.15) is 22.6 Å². The lowest BCUT2D eigenvalue weighted by atomic mass is 9.72. The molecule has 4 aliphatic heterocycles. The summed E-state index contributed by atoms with van der Waals surface area (Å²) >= 11 is 0. The molecule has 0 N–H and O–H groups in total. The van der Waals surface area contributed by atoms with Crippen LogP contribution in [-0.4, -0.2) is 29.3 Å². The fourth-order valence-corrected chi connectivity index (χ4v) is 8.86. The molecule has 6 nitrogen and oxygen atoms in total. The fraction of sp³-hybridized carbons (Fsp3) is 0.143.